The van der Waals surface area contributed by atoms with Gasteiger partial charge < -0.3 is 43.0 Å². The Hall–Kier alpha value is -6.13. The van der Waals surface area contributed by atoms with Crippen molar-refractivity contribution in [2.24, 2.45) is 5.11 Å². The number of benzene rings is 5. The van der Waals surface area contributed by atoms with Crippen LogP contribution < -0.4 is 0 Å². The highest BCUT2D eigenvalue weighted by atomic mass is 16.7. The lowest BCUT2D eigenvalue weighted by Crippen LogP contribution is -2.69. The zero-order valence-corrected chi connectivity index (χ0v) is 37.9. The van der Waals surface area contributed by atoms with Crippen LogP contribution in [0.1, 0.15) is 48.6 Å². The number of hydrogen-bond donors (Lipinski definition) is 1. The van der Waals surface area contributed by atoms with Crippen LogP contribution in [0.25, 0.3) is 10.4 Å². The molecule has 2 aliphatic rings. The number of esters is 1. The van der Waals surface area contributed by atoms with Gasteiger partial charge in [-0.1, -0.05) is 157 Å². The fourth-order valence-electron chi connectivity index (χ4n) is 8.05. The predicted octanol–water partition coefficient (Wildman–Crippen LogP) is 8.47. The summed E-state index contributed by atoms with van der Waals surface area (Å²) < 4.78 is 52.1. The van der Waals surface area contributed by atoms with Crippen LogP contribution in [0.5, 0.6) is 0 Å². The number of amides is 1. The van der Waals surface area contributed by atoms with E-state index in [-0.39, 0.29) is 39.6 Å². The summed E-state index contributed by atoms with van der Waals surface area (Å²) in [6.45, 7) is 4.68. The first-order chi connectivity index (χ1) is 32.6. The van der Waals surface area contributed by atoms with Crippen molar-refractivity contribution in [3.05, 3.63) is 190 Å². The van der Waals surface area contributed by atoms with Crippen LogP contribution in [0.4, 0.5) is 4.79 Å². The third-order valence-corrected chi connectivity index (χ3v) is 11.2. The van der Waals surface area contributed by atoms with Gasteiger partial charge in [-0.3, -0.25) is 4.90 Å². The van der Waals surface area contributed by atoms with Crippen LogP contribution in [0, 0.1) is 0 Å². The Labute approximate surface area is 391 Å². The van der Waals surface area contributed by atoms with Crippen LogP contribution in [0.2, 0.25) is 0 Å². The van der Waals surface area contributed by atoms with Gasteiger partial charge in [-0.25, -0.2) is 9.59 Å². The second kappa shape index (κ2) is 24.1. The molecule has 352 valence electrons. The summed E-state index contributed by atoms with van der Waals surface area (Å²) >= 11 is 0. The second-order valence-corrected chi connectivity index (χ2v) is 17.3. The fraction of sp³-hybridized carbons (Fsp3) is 0.385. The average molecular weight is 915 g/mol. The van der Waals surface area contributed by atoms with Crippen molar-refractivity contribution < 1.29 is 52.6 Å². The smallest absolute Gasteiger partial charge is 0.411 e. The van der Waals surface area contributed by atoms with E-state index in [1.54, 1.807) is 20.8 Å². The summed E-state index contributed by atoms with van der Waals surface area (Å²) in [5, 5.41) is 15.2. The fourth-order valence-corrected chi connectivity index (χ4v) is 8.05. The Morgan fingerprint density at radius 1 is 0.642 bits per heavy atom. The predicted molar refractivity (Wildman–Crippen MR) is 247 cm³/mol. The lowest BCUT2D eigenvalue weighted by molar-refractivity contribution is -0.314. The Morgan fingerprint density at radius 3 is 1.52 bits per heavy atom. The first-order valence-electron chi connectivity index (χ1n) is 22.4. The SMILES string of the molecule is CC(C)(C)OC(=O)[C@H]1[C@@H](O[C@H]2O[C@H](CO)[C@@H](OCc3ccccc3)[C@H](OCc3ccccc3)[C@H]2N=[N+]=[N-])[C@H](OCc2ccccc2)[C@@H](OCc2ccccc2)CN1C(=O)OCc1ccccc1. The zero-order valence-electron chi connectivity index (χ0n) is 37.9. The Bertz CT molecular complexity index is 2320. The van der Waals surface area contributed by atoms with Crippen molar-refractivity contribution in [2.75, 3.05) is 13.2 Å². The molecule has 0 radical (unpaired) electrons. The number of nitrogens with zero attached hydrogens (tertiary/aromatic N) is 4. The lowest BCUT2D eigenvalue weighted by atomic mass is 9.92. The monoisotopic (exact) mass is 914 g/mol. The molecule has 0 spiro atoms. The first-order valence-corrected chi connectivity index (χ1v) is 22.4. The van der Waals surface area contributed by atoms with Crippen LogP contribution >= 0.6 is 0 Å². The van der Waals surface area contributed by atoms with Gasteiger partial charge in [-0.15, -0.1) is 0 Å². The molecule has 0 bridgehead atoms. The quantitative estimate of drug-likeness (QED) is 0.0363. The molecule has 1 amide bonds. The summed E-state index contributed by atoms with van der Waals surface area (Å²) in [6.07, 6.45) is -8.98. The number of rotatable bonds is 19. The zero-order chi connectivity index (χ0) is 47.0. The molecule has 15 heteroatoms. The molecule has 2 aliphatic heterocycles. The van der Waals surface area contributed by atoms with Crippen LogP contribution in [-0.4, -0.2) is 95.8 Å². The normalized spacial score (nSPS) is 24.0. The summed E-state index contributed by atoms with van der Waals surface area (Å²) in [5.41, 5.74) is 13.2. The van der Waals surface area contributed by atoms with Crippen molar-refractivity contribution >= 4 is 12.1 Å². The second-order valence-electron chi connectivity index (χ2n) is 17.3. The van der Waals surface area contributed by atoms with E-state index in [4.69, 9.17) is 37.9 Å². The maximum absolute atomic E-state index is 14.8. The summed E-state index contributed by atoms with van der Waals surface area (Å²) in [7, 11) is 0. The molecule has 7 rings (SSSR count). The van der Waals surface area contributed by atoms with Crippen molar-refractivity contribution in [3.8, 4) is 0 Å². The molecule has 0 aliphatic carbocycles. The number of carbonyl (C=O) groups excluding carboxylic acids is 2. The van der Waals surface area contributed by atoms with Crippen molar-refractivity contribution in [1.82, 2.24) is 4.90 Å². The number of carbonyl (C=O) groups is 2. The van der Waals surface area contributed by atoms with Crippen molar-refractivity contribution in [1.29, 1.82) is 0 Å². The molecule has 9 atom stereocenters. The van der Waals surface area contributed by atoms with Gasteiger partial charge in [-0.2, -0.15) is 0 Å². The highest BCUT2D eigenvalue weighted by Crippen LogP contribution is 2.36. The Balaban J connectivity index is 1.31. The molecular weight excluding hydrogens is 857 g/mol. The van der Waals surface area contributed by atoms with Gasteiger partial charge in [0.1, 0.15) is 54.9 Å². The third kappa shape index (κ3) is 13.7. The highest BCUT2D eigenvalue weighted by molar-refractivity contribution is 5.83. The highest BCUT2D eigenvalue weighted by Gasteiger charge is 2.56. The molecule has 2 saturated heterocycles. The average Bonchev–Trinajstić information content (AvgIpc) is 3.34. The topological polar surface area (TPSA) is 180 Å². The van der Waals surface area contributed by atoms with E-state index in [2.05, 4.69) is 10.0 Å². The molecular formula is C52H58N4O11. The molecule has 67 heavy (non-hydrogen) atoms. The maximum Gasteiger partial charge on any atom is 0.411 e. The van der Waals surface area contributed by atoms with Crippen LogP contribution in [-0.2, 0) is 75.7 Å². The van der Waals surface area contributed by atoms with Gasteiger partial charge in [0.2, 0.25) is 0 Å². The lowest BCUT2D eigenvalue weighted by Gasteiger charge is -2.50. The van der Waals surface area contributed by atoms with Gasteiger partial charge >= 0.3 is 12.1 Å². The van der Waals surface area contributed by atoms with E-state index in [1.165, 1.54) is 4.90 Å². The van der Waals surface area contributed by atoms with Gasteiger partial charge in [-0.05, 0) is 54.1 Å². The molecule has 5 aromatic carbocycles. The van der Waals surface area contributed by atoms with Crippen LogP contribution in [0.3, 0.4) is 0 Å². The summed E-state index contributed by atoms with van der Waals surface area (Å²) in [4.78, 5) is 33.8. The van der Waals surface area contributed by atoms with E-state index in [0.29, 0.717) is 0 Å². The number of aliphatic hydroxyl groups is 1. The standard InChI is InChI=1S/C52H58N4O11/c1-52(2,3)67-49(58)44-48(66-50-43(54-55-53)47(63-34-39-25-15-7-16-26-39)46(42(30-57)65-50)62-33-38-23-13-6-14-24-38)45(61-32-37-21-11-5-12-22-37)41(60-31-36-19-9-4-10-20-36)29-56(44)51(59)64-35-40-27-17-8-18-28-40/h4-28,41-48,50,57H,29-35H2,1-3H3/t41-,42+,43+,44+,45+,46+,47+,48+,50+/m0/s1. The number of aliphatic hydroxyl groups excluding tert-OH is 1. The molecule has 0 saturated carbocycles. The number of ether oxygens (including phenoxy) is 8. The van der Waals surface area contributed by atoms with E-state index in [0.717, 1.165) is 27.8 Å². The van der Waals surface area contributed by atoms with E-state index < -0.39 is 79.3 Å². The van der Waals surface area contributed by atoms with Gasteiger partial charge in [0.15, 0.2) is 12.3 Å². The molecule has 0 aromatic heterocycles. The maximum atomic E-state index is 14.8. The largest absolute Gasteiger partial charge is 0.458 e. The van der Waals surface area contributed by atoms with Gasteiger partial charge in [0.05, 0.1) is 39.6 Å². The third-order valence-electron chi connectivity index (χ3n) is 11.2. The molecule has 2 fully saturated rings. The van der Waals surface area contributed by atoms with E-state index >= 15 is 0 Å². The minimum atomic E-state index is -1.53. The molecule has 2 heterocycles. The van der Waals surface area contributed by atoms with Gasteiger partial charge in [0, 0.05) is 4.91 Å². The first kappa shape index (κ1) is 48.8. The molecule has 5 aromatic rings. The number of likely N-dealkylation sites (tertiary alicyclic amines) is 1. The molecule has 0 unspecified atom stereocenters. The van der Waals surface area contributed by atoms with E-state index in [9.17, 15) is 20.2 Å². The number of hydrogen-bond acceptors (Lipinski definition) is 12. The van der Waals surface area contributed by atoms with Crippen molar-refractivity contribution in [2.45, 2.75) is 114 Å². The van der Waals surface area contributed by atoms with Crippen molar-refractivity contribution in [3.63, 3.8) is 0 Å². The summed E-state index contributed by atoms with van der Waals surface area (Å²) in [6, 6.07) is 44.2. The Kier molecular flexibility index (Phi) is 17.5. The minimum absolute atomic E-state index is 0.0544. The van der Waals surface area contributed by atoms with Gasteiger partial charge in [0.25, 0.3) is 0 Å². The number of azide groups is 1. The summed E-state index contributed by atoms with van der Waals surface area (Å²) in [5.74, 6) is -0.820. The minimum Gasteiger partial charge on any atom is -0.458 e. The number of piperidine rings is 1. The van der Waals surface area contributed by atoms with E-state index in [1.807, 2.05) is 152 Å². The Morgan fingerprint density at radius 2 is 1.07 bits per heavy atom. The van der Waals surface area contributed by atoms with Crippen LogP contribution in [0.15, 0.2) is 157 Å². The molecule has 15 nitrogen and oxygen atoms in total. The molecule has 1 N–H and O–H groups in total.